The van der Waals surface area contributed by atoms with Gasteiger partial charge in [0.05, 0.1) is 16.0 Å². The van der Waals surface area contributed by atoms with E-state index < -0.39 is 5.97 Å². The van der Waals surface area contributed by atoms with Crippen molar-refractivity contribution in [3.8, 4) is 11.5 Å². The normalized spacial score (nSPS) is 11.8. The summed E-state index contributed by atoms with van der Waals surface area (Å²) in [6.45, 7) is 1.99. The Kier molecular flexibility index (Phi) is 5.55. The number of rotatable bonds is 6. The number of nitrogens with zero attached hydrogens (tertiary/aromatic N) is 1. The Bertz CT molecular complexity index is 1200. The van der Waals surface area contributed by atoms with Gasteiger partial charge in [-0.1, -0.05) is 48.0 Å². The number of fused-ring (bicyclic) bond motifs is 1. The van der Waals surface area contributed by atoms with Crippen LogP contribution in [-0.2, 0) is 0 Å². The van der Waals surface area contributed by atoms with E-state index >= 15 is 0 Å². The number of benzene rings is 3. The molecule has 6 heteroatoms. The zero-order chi connectivity index (χ0) is 21.1. The van der Waals surface area contributed by atoms with E-state index in [4.69, 9.17) is 21.4 Å². The van der Waals surface area contributed by atoms with Gasteiger partial charge in [0, 0.05) is 12.2 Å². The van der Waals surface area contributed by atoms with Crippen molar-refractivity contribution in [1.29, 1.82) is 0 Å². The van der Waals surface area contributed by atoms with Crippen molar-refractivity contribution in [3.05, 3.63) is 95.1 Å². The number of carbonyl (C=O) groups is 1. The molecule has 5 nitrogen and oxygen atoms in total. The number of carboxylic acid groups (broad SMARTS) is 1. The van der Waals surface area contributed by atoms with E-state index in [2.05, 4.69) is 10.3 Å². The van der Waals surface area contributed by atoms with E-state index in [1.54, 1.807) is 36.5 Å². The molecular weight excluding hydrogens is 400 g/mol. The van der Waals surface area contributed by atoms with Crippen LogP contribution in [-0.4, -0.2) is 16.1 Å². The Balaban J connectivity index is 1.68. The van der Waals surface area contributed by atoms with E-state index in [-0.39, 0.29) is 11.6 Å². The maximum absolute atomic E-state index is 11.1. The smallest absolute Gasteiger partial charge is 0.335 e. The number of aromatic nitrogens is 1. The van der Waals surface area contributed by atoms with Crippen LogP contribution < -0.4 is 10.1 Å². The van der Waals surface area contributed by atoms with Gasteiger partial charge in [0.1, 0.15) is 17.3 Å². The quantitative estimate of drug-likeness (QED) is 0.371. The highest BCUT2D eigenvalue weighted by molar-refractivity contribution is 6.32. The summed E-state index contributed by atoms with van der Waals surface area (Å²) < 4.78 is 6.12. The van der Waals surface area contributed by atoms with Crippen molar-refractivity contribution in [2.75, 3.05) is 5.32 Å². The van der Waals surface area contributed by atoms with Crippen molar-refractivity contribution < 1.29 is 14.6 Å². The van der Waals surface area contributed by atoms with E-state index in [0.29, 0.717) is 22.3 Å². The van der Waals surface area contributed by atoms with Gasteiger partial charge in [0.25, 0.3) is 0 Å². The summed E-state index contributed by atoms with van der Waals surface area (Å²) in [5.74, 6) is 0.938. The predicted octanol–water partition coefficient (Wildman–Crippen LogP) is 6.55. The minimum atomic E-state index is -0.945. The molecular formula is C24H19ClN2O3. The van der Waals surface area contributed by atoms with Crippen LogP contribution in [0.15, 0.2) is 79.0 Å². The first-order chi connectivity index (χ1) is 14.5. The summed E-state index contributed by atoms with van der Waals surface area (Å²) in [4.78, 5) is 15.6. The molecule has 0 saturated heterocycles. The molecule has 4 aromatic rings. The predicted molar refractivity (Wildman–Crippen MR) is 119 cm³/mol. The third-order valence-electron chi connectivity index (χ3n) is 4.82. The van der Waals surface area contributed by atoms with Crippen LogP contribution in [0.25, 0.3) is 10.8 Å². The van der Waals surface area contributed by atoms with Gasteiger partial charge < -0.3 is 15.2 Å². The zero-order valence-electron chi connectivity index (χ0n) is 16.2. The fourth-order valence-electron chi connectivity index (χ4n) is 3.24. The second-order valence-corrected chi connectivity index (χ2v) is 7.25. The number of para-hydroxylation sites is 1. The number of anilines is 1. The number of halogens is 1. The maximum Gasteiger partial charge on any atom is 0.335 e. The maximum atomic E-state index is 11.1. The molecule has 1 aromatic heterocycles. The molecule has 0 spiro atoms. The second-order valence-electron chi connectivity index (χ2n) is 6.84. The average molecular weight is 419 g/mol. The van der Waals surface area contributed by atoms with Gasteiger partial charge in [-0.3, -0.25) is 0 Å². The number of aromatic carboxylic acids is 1. The monoisotopic (exact) mass is 418 g/mol. The van der Waals surface area contributed by atoms with Gasteiger partial charge in [-0.15, -0.1) is 0 Å². The number of hydrogen-bond acceptors (Lipinski definition) is 4. The zero-order valence-corrected chi connectivity index (χ0v) is 16.9. The van der Waals surface area contributed by atoms with E-state index in [0.717, 1.165) is 16.3 Å². The highest BCUT2D eigenvalue weighted by Crippen LogP contribution is 2.37. The van der Waals surface area contributed by atoms with E-state index in [1.165, 1.54) is 0 Å². The second kappa shape index (κ2) is 8.43. The van der Waals surface area contributed by atoms with Crippen LogP contribution in [0, 0.1) is 0 Å². The van der Waals surface area contributed by atoms with Gasteiger partial charge in [-0.25, -0.2) is 9.78 Å². The summed E-state index contributed by atoms with van der Waals surface area (Å²) in [6, 6.07) is 21.7. The molecule has 30 heavy (non-hydrogen) atoms. The Morgan fingerprint density at radius 2 is 1.73 bits per heavy atom. The molecule has 4 rings (SSSR count). The van der Waals surface area contributed by atoms with Crippen LogP contribution in [0.2, 0.25) is 5.02 Å². The minimum Gasteiger partial charge on any atom is -0.478 e. The molecule has 0 amide bonds. The largest absolute Gasteiger partial charge is 0.478 e. The Morgan fingerprint density at radius 3 is 2.47 bits per heavy atom. The lowest BCUT2D eigenvalue weighted by atomic mass is 10.1. The van der Waals surface area contributed by atoms with Gasteiger partial charge in [-0.2, -0.15) is 0 Å². The lowest BCUT2D eigenvalue weighted by Gasteiger charge is -2.18. The molecule has 0 fully saturated rings. The number of hydrogen-bond donors (Lipinski definition) is 2. The molecule has 2 N–H and O–H groups in total. The molecule has 0 aliphatic rings. The molecule has 0 unspecified atom stereocenters. The van der Waals surface area contributed by atoms with Crippen molar-refractivity contribution in [1.82, 2.24) is 4.98 Å². The average Bonchev–Trinajstić information content (AvgIpc) is 2.75. The first-order valence-electron chi connectivity index (χ1n) is 9.43. The van der Waals surface area contributed by atoms with Crippen LogP contribution in [0.3, 0.4) is 0 Å². The van der Waals surface area contributed by atoms with Crippen LogP contribution in [0.5, 0.6) is 11.5 Å². The SMILES string of the molecule is C[C@H](Nc1nccc2cccc(Oc3ccccc3Cl)c12)c1ccc(C(=O)O)cc1. The van der Waals surface area contributed by atoms with Gasteiger partial charge >= 0.3 is 5.97 Å². The molecule has 0 radical (unpaired) electrons. The Morgan fingerprint density at radius 1 is 1.00 bits per heavy atom. The van der Waals surface area contributed by atoms with Gasteiger partial charge in [0.2, 0.25) is 0 Å². The molecule has 150 valence electrons. The number of carboxylic acids is 1. The molecule has 0 aliphatic heterocycles. The minimum absolute atomic E-state index is 0.0979. The standard InChI is InChI=1S/C24H19ClN2O3/c1-15(16-9-11-18(12-10-16)24(28)29)27-23-22-17(13-14-26-23)5-4-8-21(22)30-20-7-3-2-6-19(20)25/h2-15H,1H3,(H,26,27)(H,28,29)/t15-/m0/s1. The topological polar surface area (TPSA) is 71.5 Å². The first kappa shape index (κ1) is 19.7. The van der Waals surface area contributed by atoms with Crippen molar-refractivity contribution in [2.45, 2.75) is 13.0 Å². The van der Waals surface area contributed by atoms with Crippen molar-refractivity contribution in [3.63, 3.8) is 0 Å². The number of ether oxygens (including phenoxy) is 1. The summed E-state index contributed by atoms with van der Waals surface area (Å²) in [6.07, 6.45) is 1.74. The van der Waals surface area contributed by atoms with Crippen molar-refractivity contribution >= 4 is 34.2 Å². The molecule has 0 bridgehead atoms. The molecule has 1 heterocycles. The Labute approximate surface area is 178 Å². The van der Waals surface area contributed by atoms with Gasteiger partial charge in [-0.05, 0) is 54.3 Å². The third-order valence-corrected chi connectivity index (χ3v) is 5.13. The van der Waals surface area contributed by atoms with E-state index in [9.17, 15) is 4.79 Å². The lowest BCUT2D eigenvalue weighted by molar-refractivity contribution is 0.0697. The highest BCUT2D eigenvalue weighted by atomic mass is 35.5. The first-order valence-corrected chi connectivity index (χ1v) is 9.80. The summed E-state index contributed by atoms with van der Waals surface area (Å²) in [5, 5.41) is 14.9. The summed E-state index contributed by atoms with van der Waals surface area (Å²) >= 11 is 6.27. The number of nitrogens with one attached hydrogen (secondary N) is 1. The van der Waals surface area contributed by atoms with Crippen LogP contribution >= 0.6 is 11.6 Å². The molecule has 0 aliphatic carbocycles. The van der Waals surface area contributed by atoms with E-state index in [1.807, 2.05) is 49.4 Å². The number of pyridine rings is 1. The third kappa shape index (κ3) is 4.07. The lowest BCUT2D eigenvalue weighted by Crippen LogP contribution is -2.09. The molecule has 0 saturated carbocycles. The fourth-order valence-corrected chi connectivity index (χ4v) is 3.41. The molecule has 1 atom stereocenters. The summed E-state index contributed by atoms with van der Waals surface area (Å²) in [5.41, 5.74) is 1.20. The fraction of sp³-hybridized carbons (Fsp3) is 0.0833. The molecule has 3 aromatic carbocycles. The summed E-state index contributed by atoms with van der Waals surface area (Å²) in [7, 11) is 0. The Hall–Kier alpha value is -3.57. The van der Waals surface area contributed by atoms with Gasteiger partial charge in [0.15, 0.2) is 0 Å². The van der Waals surface area contributed by atoms with Crippen molar-refractivity contribution in [2.24, 2.45) is 0 Å². The highest BCUT2D eigenvalue weighted by Gasteiger charge is 2.14. The van der Waals surface area contributed by atoms with Crippen LogP contribution in [0.1, 0.15) is 28.9 Å². The van der Waals surface area contributed by atoms with Crippen LogP contribution in [0.4, 0.5) is 5.82 Å².